The van der Waals surface area contributed by atoms with Gasteiger partial charge in [-0.25, -0.2) is 0 Å². The van der Waals surface area contributed by atoms with E-state index in [1.807, 2.05) is 0 Å². The number of nitrogens with one attached hydrogen (secondary N) is 1. The van der Waals surface area contributed by atoms with Crippen LogP contribution in [0.1, 0.15) is 40.5 Å². The van der Waals surface area contributed by atoms with E-state index in [1.165, 1.54) is 0 Å². The first kappa shape index (κ1) is 13.1. The minimum Gasteiger partial charge on any atom is -0.352 e. The zero-order chi connectivity index (χ0) is 12.0. The maximum absolute atomic E-state index is 4.51. The van der Waals surface area contributed by atoms with Crippen molar-refractivity contribution in [2.75, 3.05) is 19.6 Å². The fourth-order valence-electron chi connectivity index (χ4n) is 1.67. The Bertz CT molecular complexity index is 261. The molecule has 92 valence electrons. The summed E-state index contributed by atoms with van der Waals surface area (Å²) in [5, 5.41) is 3.46. The fraction of sp³-hybridized carbons (Fsp3) is 0.769. The smallest absolute Gasteiger partial charge is 0.194 e. The highest BCUT2D eigenvalue weighted by atomic mass is 15.3. The van der Waals surface area contributed by atoms with Crippen molar-refractivity contribution in [3.8, 4) is 0 Å². The van der Waals surface area contributed by atoms with Gasteiger partial charge in [0, 0.05) is 18.6 Å². The third kappa shape index (κ3) is 4.69. The zero-order valence-electron chi connectivity index (χ0n) is 11.1. The molecule has 0 aromatic rings. The number of hydrogen-bond acceptors (Lipinski definition) is 3. The van der Waals surface area contributed by atoms with Crippen molar-refractivity contribution in [1.82, 2.24) is 10.2 Å². The van der Waals surface area contributed by atoms with Crippen LogP contribution >= 0.6 is 0 Å². The molecule has 0 amide bonds. The van der Waals surface area contributed by atoms with Crippen molar-refractivity contribution in [3.63, 3.8) is 0 Å². The summed E-state index contributed by atoms with van der Waals surface area (Å²) in [5.41, 5.74) is 0.0979. The Labute approximate surface area is 99.6 Å². The summed E-state index contributed by atoms with van der Waals surface area (Å²) in [7, 11) is 0. The van der Waals surface area contributed by atoms with E-state index in [9.17, 15) is 0 Å². The molecule has 0 atom stereocenters. The van der Waals surface area contributed by atoms with Crippen LogP contribution < -0.4 is 5.32 Å². The third-order valence-corrected chi connectivity index (χ3v) is 2.39. The van der Waals surface area contributed by atoms with Gasteiger partial charge in [-0.1, -0.05) is 19.1 Å². The van der Waals surface area contributed by atoms with Crippen LogP contribution in [0.25, 0.3) is 0 Å². The number of hydrogen-bond donors (Lipinski definition) is 1. The minimum atomic E-state index is 0.0979. The van der Waals surface area contributed by atoms with Crippen LogP contribution in [0.5, 0.6) is 0 Å². The van der Waals surface area contributed by atoms with E-state index in [0.29, 0.717) is 0 Å². The SMILES string of the molecule is CC/C=C/CCN1CCN=C1NC(C)(C)C. The van der Waals surface area contributed by atoms with Crippen LogP contribution in [0.2, 0.25) is 0 Å². The average molecular weight is 223 g/mol. The molecule has 0 saturated carbocycles. The summed E-state index contributed by atoms with van der Waals surface area (Å²) in [5.74, 6) is 1.07. The number of rotatable bonds is 4. The third-order valence-electron chi connectivity index (χ3n) is 2.39. The standard InChI is InChI=1S/C13H25N3/c1-5-6-7-8-10-16-11-9-14-12(16)15-13(2,3)4/h6-7H,5,8-11H2,1-4H3,(H,14,15)/b7-6+. The quantitative estimate of drug-likeness (QED) is 0.741. The largest absolute Gasteiger partial charge is 0.352 e. The number of nitrogens with zero attached hydrogens (tertiary/aromatic N) is 2. The Kier molecular flexibility index (Phi) is 4.84. The second kappa shape index (κ2) is 5.92. The lowest BCUT2D eigenvalue weighted by molar-refractivity contribution is 0.416. The van der Waals surface area contributed by atoms with Gasteiger partial charge in [0.25, 0.3) is 0 Å². The van der Waals surface area contributed by atoms with Gasteiger partial charge in [-0.2, -0.15) is 0 Å². The van der Waals surface area contributed by atoms with Crippen molar-refractivity contribution < 1.29 is 0 Å². The first-order chi connectivity index (χ1) is 7.53. The lowest BCUT2D eigenvalue weighted by Crippen LogP contribution is -2.47. The highest BCUT2D eigenvalue weighted by Gasteiger charge is 2.20. The molecule has 1 aliphatic rings. The van der Waals surface area contributed by atoms with Gasteiger partial charge in [0.1, 0.15) is 0 Å². The Morgan fingerprint density at radius 1 is 1.38 bits per heavy atom. The molecular formula is C13H25N3. The van der Waals surface area contributed by atoms with Gasteiger partial charge in [0.15, 0.2) is 5.96 Å². The van der Waals surface area contributed by atoms with Crippen LogP contribution in [-0.4, -0.2) is 36.0 Å². The molecule has 1 aliphatic heterocycles. The summed E-state index contributed by atoms with van der Waals surface area (Å²) in [6, 6.07) is 0. The molecule has 1 rings (SSSR count). The van der Waals surface area contributed by atoms with Gasteiger partial charge in [-0.15, -0.1) is 0 Å². The maximum atomic E-state index is 4.51. The van der Waals surface area contributed by atoms with Crippen molar-refractivity contribution in [3.05, 3.63) is 12.2 Å². The van der Waals surface area contributed by atoms with Crippen molar-refractivity contribution in [2.45, 2.75) is 46.1 Å². The molecule has 1 heterocycles. The zero-order valence-corrected chi connectivity index (χ0v) is 11.1. The van der Waals surface area contributed by atoms with Gasteiger partial charge in [-0.05, 0) is 33.6 Å². The van der Waals surface area contributed by atoms with E-state index >= 15 is 0 Å². The van der Waals surface area contributed by atoms with E-state index in [0.717, 1.165) is 38.4 Å². The van der Waals surface area contributed by atoms with Gasteiger partial charge in [0.2, 0.25) is 0 Å². The van der Waals surface area contributed by atoms with Crippen LogP contribution in [0.15, 0.2) is 17.1 Å². The minimum absolute atomic E-state index is 0.0979. The van der Waals surface area contributed by atoms with E-state index in [1.54, 1.807) is 0 Å². The molecule has 0 aliphatic carbocycles. The molecule has 3 heteroatoms. The Balaban J connectivity index is 2.37. The van der Waals surface area contributed by atoms with Crippen LogP contribution in [-0.2, 0) is 0 Å². The Morgan fingerprint density at radius 3 is 2.75 bits per heavy atom. The molecule has 16 heavy (non-hydrogen) atoms. The second-order valence-corrected chi connectivity index (χ2v) is 5.24. The van der Waals surface area contributed by atoms with Crippen LogP contribution in [0, 0.1) is 0 Å². The van der Waals surface area contributed by atoms with E-state index < -0.39 is 0 Å². The van der Waals surface area contributed by atoms with Crippen molar-refractivity contribution in [1.29, 1.82) is 0 Å². The summed E-state index contributed by atoms with van der Waals surface area (Å²) < 4.78 is 0. The number of allylic oxidation sites excluding steroid dienone is 1. The predicted octanol–water partition coefficient (Wildman–Crippen LogP) is 2.40. The first-order valence-electron chi connectivity index (χ1n) is 6.25. The molecule has 0 bridgehead atoms. The lowest BCUT2D eigenvalue weighted by Gasteiger charge is -2.27. The Hall–Kier alpha value is -0.990. The molecular weight excluding hydrogens is 198 g/mol. The number of aliphatic imine (C=N–C) groups is 1. The van der Waals surface area contributed by atoms with Gasteiger partial charge >= 0.3 is 0 Å². The molecule has 0 unspecified atom stereocenters. The van der Waals surface area contributed by atoms with E-state index in [-0.39, 0.29) is 5.54 Å². The molecule has 0 radical (unpaired) electrons. The van der Waals surface area contributed by atoms with E-state index in [2.05, 4.69) is 55.1 Å². The second-order valence-electron chi connectivity index (χ2n) is 5.24. The van der Waals surface area contributed by atoms with Crippen molar-refractivity contribution >= 4 is 5.96 Å². The molecule has 0 spiro atoms. The topological polar surface area (TPSA) is 27.6 Å². The van der Waals surface area contributed by atoms with Gasteiger partial charge < -0.3 is 10.2 Å². The molecule has 1 N–H and O–H groups in total. The summed E-state index contributed by atoms with van der Waals surface area (Å²) >= 11 is 0. The van der Waals surface area contributed by atoms with Crippen molar-refractivity contribution in [2.24, 2.45) is 4.99 Å². The highest BCUT2D eigenvalue weighted by molar-refractivity contribution is 5.82. The molecule has 0 aromatic carbocycles. The average Bonchev–Trinajstić information content (AvgIpc) is 2.58. The first-order valence-corrected chi connectivity index (χ1v) is 6.25. The summed E-state index contributed by atoms with van der Waals surface area (Å²) in [6.07, 6.45) is 6.72. The maximum Gasteiger partial charge on any atom is 0.194 e. The van der Waals surface area contributed by atoms with Crippen LogP contribution in [0.3, 0.4) is 0 Å². The number of guanidine groups is 1. The Morgan fingerprint density at radius 2 is 2.12 bits per heavy atom. The molecule has 0 fully saturated rings. The molecule has 0 saturated heterocycles. The lowest BCUT2D eigenvalue weighted by atomic mass is 10.1. The van der Waals surface area contributed by atoms with Gasteiger partial charge in [0.05, 0.1) is 6.54 Å². The normalized spacial score (nSPS) is 17.0. The van der Waals surface area contributed by atoms with Gasteiger partial charge in [-0.3, -0.25) is 4.99 Å². The van der Waals surface area contributed by atoms with Crippen LogP contribution in [0.4, 0.5) is 0 Å². The predicted molar refractivity (Wildman–Crippen MR) is 70.8 cm³/mol. The highest BCUT2D eigenvalue weighted by Crippen LogP contribution is 2.06. The summed E-state index contributed by atoms with van der Waals surface area (Å²) in [6.45, 7) is 11.7. The van der Waals surface area contributed by atoms with E-state index in [4.69, 9.17) is 0 Å². The molecule has 3 nitrogen and oxygen atoms in total. The fourth-order valence-corrected chi connectivity index (χ4v) is 1.67. The summed E-state index contributed by atoms with van der Waals surface area (Å²) in [4.78, 5) is 6.85. The monoisotopic (exact) mass is 223 g/mol. The molecule has 0 aromatic heterocycles.